The highest BCUT2D eigenvalue weighted by Gasteiger charge is 2.21. The van der Waals surface area contributed by atoms with Crippen LogP contribution in [-0.4, -0.2) is 27.8 Å². The van der Waals surface area contributed by atoms with Crippen molar-refractivity contribution in [3.8, 4) is 11.3 Å². The summed E-state index contributed by atoms with van der Waals surface area (Å²) in [6.07, 6.45) is 0.457. The van der Waals surface area contributed by atoms with Crippen LogP contribution in [0.5, 0.6) is 0 Å². The predicted molar refractivity (Wildman–Crippen MR) is 91.0 cm³/mol. The molecule has 0 aliphatic rings. The van der Waals surface area contributed by atoms with Crippen molar-refractivity contribution in [1.29, 1.82) is 0 Å². The molecule has 0 radical (unpaired) electrons. The Morgan fingerprint density at radius 2 is 1.92 bits per heavy atom. The van der Waals surface area contributed by atoms with E-state index in [4.69, 9.17) is 8.94 Å². The fraction of sp³-hybridized carbons (Fsp3) is 0.333. The Morgan fingerprint density at radius 3 is 2.60 bits per heavy atom. The second-order valence-corrected chi connectivity index (χ2v) is 6.70. The molecule has 0 aliphatic heterocycles. The fourth-order valence-corrected chi connectivity index (χ4v) is 2.15. The molecule has 2 heterocycles. The lowest BCUT2D eigenvalue weighted by Crippen LogP contribution is -2.26. The summed E-state index contributed by atoms with van der Waals surface area (Å²) in [6, 6.07) is 11.1. The van der Waals surface area contributed by atoms with Crippen LogP contribution in [0.3, 0.4) is 0 Å². The third-order valence-corrected chi connectivity index (χ3v) is 3.53. The van der Waals surface area contributed by atoms with Crippen molar-refractivity contribution in [2.45, 2.75) is 32.6 Å². The molecule has 0 aliphatic carbocycles. The van der Waals surface area contributed by atoms with E-state index in [9.17, 15) is 4.79 Å². The van der Waals surface area contributed by atoms with Crippen molar-refractivity contribution in [3.05, 3.63) is 53.9 Å². The molecule has 130 valence electrons. The largest absolute Gasteiger partial charge is 0.425 e. The molecule has 0 atom stereocenters. The third kappa shape index (κ3) is 4.12. The Labute approximate surface area is 145 Å². The molecule has 0 unspecified atom stereocenters. The van der Waals surface area contributed by atoms with E-state index in [1.165, 1.54) is 0 Å². The van der Waals surface area contributed by atoms with E-state index in [1.54, 1.807) is 6.07 Å². The molecule has 1 amide bonds. The third-order valence-electron chi connectivity index (χ3n) is 3.53. The van der Waals surface area contributed by atoms with Crippen LogP contribution in [0, 0.1) is 0 Å². The van der Waals surface area contributed by atoms with E-state index in [2.05, 4.69) is 20.7 Å². The molecule has 0 saturated carbocycles. The molecule has 7 heteroatoms. The number of amides is 1. The Hall–Kier alpha value is -2.96. The minimum absolute atomic E-state index is 0.191. The van der Waals surface area contributed by atoms with Gasteiger partial charge in [0.25, 0.3) is 5.91 Å². The first-order valence-electron chi connectivity index (χ1n) is 8.07. The second-order valence-electron chi connectivity index (χ2n) is 6.70. The summed E-state index contributed by atoms with van der Waals surface area (Å²) in [7, 11) is 0. The van der Waals surface area contributed by atoms with Crippen LogP contribution < -0.4 is 5.32 Å². The molecule has 0 saturated heterocycles. The summed E-state index contributed by atoms with van der Waals surface area (Å²) >= 11 is 0. The lowest BCUT2D eigenvalue weighted by molar-refractivity contribution is 0.0944. The van der Waals surface area contributed by atoms with E-state index in [1.807, 2.05) is 51.1 Å². The topological polar surface area (TPSA) is 94.1 Å². The van der Waals surface area contributed by atoms with Crippen molar-refractivity contribution in [3.63, 3.8) is 0 Å². The van der Waals surface area contributed by atoms with Gasteiger partial charge in [-0.15, -0.1) is 10.2 Å². The zero-order chi connectivity index (χ0) is 17.9. The molecule has 25 heavy (non-hydrogen) atoms. The Morgan fingerprint density at radius 1 is 1.16 bits per heavy atom. The van der Waals surface area contributed by atoms with E-state index in [0.29, 0.717) is 30.5 Å². The number of benzene rings is 1. The van der Waals surface area contributed by atoms with Crippen LogP contribution in [0.1, 0.15) is 43.0 Å². The molecule has 0 fully saturated rings. The summed E-state index contributed by atoms with van der Waals surface area (Å²) in [4.78, 5) is 12.1. The lowest BCUT2D eigenvalue weighted by Gasteiger charge is -2.10. The summed E-state index contributed by atoms with van der Waals surface area (Å²) in [5.74, 6) is 1.33. The summed E-state index contributed by atoms with van der Waals surface area (Å²) in [5, 5.41) is 14.6. The number of nitrogens with zero attached hydrogens (tertiary/aromatic N) is 3. The van der Waals surface area contributed by atoms with Crippen LogP contribution in [0.15, 0.2) is 45.3 Å². The van der Waals surface area contributed by atoms with Crippen molar-refractivity contribution in [1.82, 2.24) is 20.7 Å². The van der Waals surface area contributed by atoms with E-state index in [-0.39, 0.29) is 17.0 Å². The summed E-state index contributed by atoms with van der Waals surface area (Å²) in [5.41, 5.74) is 0.914. The van der Waals surface area contributed by atoms with Crippen LogP contribution in [-0.2, 0) is 11.8 Å². The molecular weight excluding hydrogens is 320 g/mol. The molecule has 7 nitrogen and oxygen atoms in total. The van der Waals surface area contributed by atoms with Crippen LogP contribution in [0.2, 0.25) is 0 Å². The number of rotatable bonds is 5. The quantitative estimate of drug-likeness (QED) is 0.767. The van der Waals surface area contributed by atoms with Gasteiger partial charge in [0.2, 0.25) is 11.8 Å². The fourth-order valence-electron chi connectivity index (χ4n) is 2.15. The molecule has 1 N–H and O–H groups in total. The Kier molecular flexibility index (Phi) is 4.65. The van der Waals surface area contributed by atoms with Crippen LogP contribution in [0.4, 0.5) is 0 Å². The lowest BCUT2D eigenvalue weighted by atomic mass is 9.97. The average molecular weight is 340 g/mol. The van der Waals surface area contributed by atoms with Gasteiger partial charge >= 0.3 is 0 Å². The maximum Gasteiger partial charge on any atom is 0.273 e. The van der Waals surface area contributed by atoms with Gasteiger partial charge in [-0.1, -0.05) is 56.3 Å². The first-order valence-corrected chi connectivity index (χ1v) is 8.07. The number of hydrogen-bond donors (Lipinski definition) is 1. The minimum Gasteiger partial charge on any atom is -0.425 e. The van der Waals surface area contributed by atoms with Gasteiger partial charge in [-0.3, -0.25) is 4.79 Å². The van der Waals surface area contributed by atoms with Crippen molar-refractivity contribution in [2.24, 2.45) is 0 Å². The van der Waals surface area contributed by atoms with Gasteiger partial charge in [0.1, 0.15) is 0 Å². The highest BCUT2D eigenvalue weighted by atomic mass is 16.5. The number of hydrogen-bond acceptors (Lipinski definition) is 6. The highest BCUT2D eigenvalue weighted by molar-refractivity contribution is 5.93. The molecule has 1 aromatic carbocycles. The van der Waals surface area contributed by atoms with E-state index >= 15 is 0 Å². The molecule has 0 spiro atoms. The highest BCUT2D eigenvalue weighted by Crippen LogP contribution is 2.21. The first kappa shape index (κ1) is 16.9. The van der Waals surface area contributed by atoms with Gasteiger partial charge in [-0.05, 0) is 0 Å². The summed E-state index contributed by atoms with van der Waals surface area (Å²) in [6.45, 7) is 6.38. The first-order chi connectivity index (χ1) is 11.9. The van der Waals surface area contributed by atoms with Crippen LogP contribution >= 0.6 is 0 Å². The normalized spacial score (nSPS) is 11.5. The molecule has 2 aromatic heterocycles. The SMILES string of the molecule is CC(C)(C)c1nnc(CCNC(=O)c2cc(-c3ccccc3)on2)o1. The molecule has 3 aromatic rings. The zero-order valence-corrected chi connectivity index (χ0v) is 14.4. The van der Waals surface area contributed by atoms with Gasteiger partial charge in [-0.25, -0.2) is 0 Å². The second kappa shape index (κ2) is 6.88. The number of carbonyl (C=O) groups is 1. The van der Waals surface area contributed by atoms with Gasteiger partial charge < -0.3 is 14.3 Å². The van der Waals surface area contributed by atoms with Crippen molar-refractivity contribution in [2.75, 3.05) is 6.54 Å². The van der Waals surface area contributed by atoms with Gasteiger partial charge in [-0.2, -0.15) is 0 Å². The standard InChI is InChI=1S/C18H20N4O3/c1-18(2,3)17-21-20-15(24-17)9-10-19-16(23)13-11-14(25-22-13)12-7-5-4-6-8-12/h4-8,11H,9-10H2,1-3H3,(H,19,23). The maximum atomic E-state index is 12.1. The van der Waals surface area contributed by atoms with Crippen LogP contribution in [0.25, 0.3) is 11.3 Å². The van der Waals surface area contributed by atoms with Gasteiger partial charge in [0.05, 0.1) is 0 Å². The number of carbonyl (C=O) groups excluding carboxylic acids is 1. The molecular formula is C18H20N4O3. The van der Waals surface area contributed by atoms with Gasteiger partial charge in [0, 0.05) is 30.0 Å². The van der Waals surface area contributed by atoms with Crippen molar-refractivity contribution < 1.29 is 13.7 Å². The monoisotopic (exact) mass is 340 g/mol. The van der Waals surface area contributed by atoms with E-state index < -0.39 is 0 Å². The predicted octanol–water partition coefficient (Wildman–Crippen LogP) is 2.99. The minimum atomic E-state index is -0.304. The number of aromatic nitrogens is 3. The maximum absolute atomic E-state index is 12.1. The zero-order valence-electron chi connectivity index (χ0n) is 14.4. The Bertz CT molecular complexity index is 847. The smallest absolute Gasteiger partial charge is 0.273 e. The van der Waals surface area contributed by atoms with Gasteiger partial charge in [0.15, 0.2) is 11.5 Å². The molecule has 3 rings (SSSR count). The van der Waals surface area contributed by atoms with Crippen molar-refractivity contribution >= 4 is 5.91 Å². The average Bonchev–Trinajstić information content (AvgIpc) is 3.25. The van der Waals surface area contributed by atoms with E-state index in [0.717, 1.165) is 5.56 Å². The Balaban J connectivity index is 1.55. The molecule has 0 bridgehead atoms. The number of nitrogens with one attached hydrogen (secondary N) is 1. The summed E-state index contributed by atoms with van der Waals surface area (Å²) < 4.78 is 10.8.